The zero-order valence-corrected chi connectivity index (χ0v) is 14.2. The van der Waals surface area contributed by atoms with E-state index in [9.17, 15) is 9.59 Å². The minimum atomic E-state index is -0.227. The van der Waals surface area contributed by atoms with E-state index < -0.39 is 0 Å². The Morgan fingerprint density at radius 2 is 2.00 bits per heavy atom. The summed E-state index contributed by atoms with van der Waals surface area (Å²) in [7, 11) is 0. The van der Waals surface area contributed by atoms with E-state index >= 15 is 0 Å². The fourth-order valence-electron chi connectivity index (χ4n) is 2.21. The zero-order chi connectivity index (χ0) is 16.5. The number of hydrogen-bond donors (Lipinski definition) is 2. The molecule has 22 heavy (non-hydrogen) atoms. The Morgan fingerprint density at radius 3 is 2.50 bits per heavy atom. The van der Waals surface area contributed by atoms with Crippen LogP contribution >= 0.6 is 0 Å². The second-order valence-corrected chi connectivity index (χ2v) is 5.55. The van der Waals surface area contributed by atoms with Crippen LogP contribution in [0.25, 0.3) is 0 Å². The highest BCUT2D eigenvalue weighted by Crippen LogP contribution is 2.03. The van der Waals surface area contributed by atoms with Crippen molar-refractivity contribution in [3.05, 3.63) is 0 Å². The first-order valence-corrected chi connectivity index (χ1v) is 8.17. The largest absolute Gasteiger partial charge is 0.304 e. The van der Waals surface area contributed by atoms with Crippen LogP contribution < -0.4 is 10.9 Å². The molecule has 1 heterocycles. The van der Waals surface area contributed by atoms with E-state index in [0.717, 1.165) is 32.5 Å². The summed E-state index contributed by atoms with van der Waals surface area (Å²) in [4.78, 5) is 26.0. The molecular formula is C15H29N5O2. The first-order chi connectivity index (χ1) is 10.5. The predicted octanol–water partition coefficient (Wildman–Crippen LogP) is 0.726. The van der Waals surface area contributed by atoms with Crippen LogP contribution in [0.5, 0.6) is 0 Å². The van der Waals surface area contributed by atoms with Gasteiger partial charge in [0.25, 0.3) is 5.91 Å². The Morgan fingerprint density at radius 1 is 1.32 bits per heavy atom. The number of amides is 2. The molecule has 0 bridgehead atoms. The number of nitrogens with zero attached hydrogens (tertiary/aromatic N) is 3. The van der Waals surface area contributed by atoms with Crippen LogP contribution in [0.2, 0.25) is 0 Å². The monoisotopic (exact) mass is 311 g/mol. The minimum absolute atomic E-state index is 0.0631. The summed E-state index contributed by atoms with van der Waals surface area (Å²) >= 11 is 0. The van der Waals surface area contributed by atoms with Crippen molar-refractivity contribution in [1.82, 2.24) is 20.8 Å². The molecule has 0 aromatic heterocycles. The van der Waals surface area contributed by atoms with E-state index in [0.29, 0.717) is 6.54 Å². The number of nitrogens with one attached hydrogen (secondary N) is 2. The summed E-state index contributed by atoms with van der Waals surface area (Å²) in [6.07, 6.45) is 1.86. The highest BCUT2D eigenvalue weighted by molar-refractivity contribution is 6.42. The van der Waals surface area contributed by atoms with Gasteiger partial charge >= 0.3 is 0 Å². The van der Waals surface area contributed by atoms with Gasteiger partial charge in [0.05, 0.1) is 6.42 Å². The SMILES string of the molecule is CC[C@H](C)NN(CCCN(CC)CC)C(=O)C1=NNC(=O)C1. The van der Waals surface area contributed by atoms with Crippen molar-refractivity contribution in [2.75, 3.05) is 26.2 Å². The average molecular weight is 311 g/mol. The lowest BCUT2D eigenvalue weighted by atomic mass is 10.2. The molecule has 0 aromatic rings. The summed E-state index contributed by atoms with van der Waals surface area (Å²) in [5.41, 5.74) is 5.83. The maximum absolute atomic E-state index is 12.5. The van der Waals surface area contributed by atoms with Crippen LogP contribution in [0.1, 0.15) is 47.0 Å². The number of hydrazine groups is 1. The highest BCUT2D eigenvalue weighted by Gasteiger charge is 2.26. The predicted molar refractivity (Wildman–Crippen MR) is 87.2 cm³/mol. The topological polar surface area (TPSA) is 77.0 Å². The Hall–Kier alpha value is -1.47. The molecule has 0 unspecified atom stereocenters. The molecule has 7 heteroatoms. The fourth-order valence-corrected chi connectivity index (χ4v) is 2.21. The van der Waals surface area contributed by atoms with Crippen molar-refractivity contribution in [2.45, 2.75) is 53.0 Å². The Balaban J connectivity index is 2.59. The lowest BCUT2D eigenvalue weighted by Gasteiger charge is -2.27. The van der Waals surface area contributed by atoms with Gasteiger partial charge in [-0.1, -0.05) is 20.8 Å². The van der Waals surface area contributed by atoms with Gasteiger partial charge in [-0.2, -0.15) is 5.10 Å². The van der Waals surface area contributed by atoms with Crippen molar-refractivity contribution in [3.8, 4) is 0 Å². The van der Waals surface area contributed by atoms with E-state index in [1.807, 2.05) is 6.92 Å². The number of rotatable bonds is 10. The molecular weight excluding hydrogens is 282 g/mol. The third kappa shape index (κ3) is 5.73. The minimum Gasteiger partial charge on any atom is -0.304 e. The maximum atomic E-state index is 12.5. The number of hydrazone groups is 1. The molecule has 0 aliphatic carbocycles. The number of carbonyl (C=O) groups excluding carboxylic acids is 2. The number of carbonyl (C=O) groups is 2. The van der Waals surface area contributed by atoms with Gasteiger partial charge in [-0.05, 0) is 39.4 Å². The summed E-state index contributed by atoms with van der Waals surface area (Å²) in [5, 5.41) is 5.43. The van der Waals surface area contributed by atoms with Gasteiger partial charge in [0, 0.05) is 12.6 Å². The molecule has 1 rings (SSSR count). The number of hydrogen-bond acceptors (Lipinski definition) is 5. The van der Waals surface area contributed by atoms with Crippen molar-refractivity contribution in [3.63, 3.8) is 0 Å². The second-order valence-electron chi connectivity index (χ2n) is 5.55. The fraction of sp³-hybridized carbons (Fsp3) is 0.800. The van der Waals surface area contributed by atoms with E-state index in [4.69, 9.17) is 0 Å². The van der Waals surface area contributed by atoms with Crippen molar-refractivity contribution >= 4 is 17.5 Å². The smallest absolute Gasteiger partial charge is 0.284 e. The lowest BCUT2D eigenvalue weighted by molar-refractivity contribution is -0.128. The molecule has 1 aliphatic heterocycles. The summed E-state index contributed by atoms with van der Waals surface area (Å²) < 4.78 is 0. The summed E-state index contributed by atoms with van der Waals surface area (Å²) in [5.74, 6) is -0.437. The molecule has 0 saturated carbocycles. The molecule has 0 saturated heterocycles. The van der Waals surface area contributed by atoms with Crippen molar-refractivity contribution < 1.29 is 9.59 Å². The van der Waals surface area contributed by atoms with Gasteiger partial charge in [0.15, 0.2) is 0 Å². The van der Waals surface area contributed by atoms with Gasteiger partial charge in [0.2, 0.25) is 5.91 Å². The molecule has 0 aromatic carbocycles. The van der Waals surface area contributed by atoms with Gasteiger partial charge in [-0.25, -0.2) is 10.9 Å². The molecule has 0 radical (unpaired) electrons. The lowest BCUT2D eigenvalue weighted by Crippen LogP contribution is -2.50. The van der Waals surface area contributed by atoms with Gasteiger partial charge in [0.1, 0.15) is 5.71 Å². The van der Waals surface area contributed by atoms with E-state index in [1.54, 1.807) is 5.01 Å². The average Bonchev–Trinajstić information content (AvgIpc) is 2.96. The molecule has 1 atom stereocenters. The molecule has 2 amide bonds. The molecule has 7 nitrogen and oxygen atoms in total. The first-order valence-electron chi connectivity index (χ1n) is 8.17. The van der Waals surface area contributed by atoms with Gasteiger partial charge in [-0.3, -0.25) is 14.6 Å². The third-order valence-electron chi connectivity index (χ3n) is 3.87. The van der Waals surface area contributed by atoms with Crippen LogP contribution in [0.15, 0.2) is 5.10 Å². The van der Waals surface area contributed by atoms with E-state index in [1.165, 1.54) is 0 Å². The molecule has 0 fully saturated rings. The summed E-state index contributed by atoms with van der Waals surface area (Å²) in [6.45, 7) is 11.9. The van der Waals surface area contributed by atoms with Gasteiger partial charge < -0.3 is 4.90 Å². The zero-order valence-electron chi connectivity index (χ0n) is 14.2. The first kappa shape index (κ1) is 18.6. The van der Waals surface area contributed by atoms with E-state index in [2.05, 4.69) is 41.6 Å². The van der Waals surface area contributed by atoms with Gasteiger partial charge in [-0.15, -0.1) is 0 Å². The van der Waals surface area contributed by atoms with Crippen LogP contribution in [0, 0.1) is 0 Å². The van der Waals surface area contributed by atoms with Crippen LogP contribution in [-0.4, -0.2) is 59.7 Å². The maximum Gasteiger partial charge on any atom is 0.284 e. The quantitative estimate of drug-likeness (QED) is 0.583. The Labute approximate surface area is 133 Å². The van der Waals surface area contributed by atoms with Crippen LogP contribution in [0.4, 0.5) is 0 Å². The molecule has 1 aliphatic rings. The molecule has 0 spiro atoms. The second kappa shape index (κ2) is 9.53. The summed E-state index contributed by atoms with van der Waals surface area (Å²) in [6, 6.07) is 0.197. The Kier molecular flexibility index (Phi) is 8.05. The van der Waals surface area contributed by atoms with Crippen LogP contribution in [0.3, 0.4) is 0 Å². The third-order valence-corrected chi connectivity index (χ3v) is 3.87. The normalized spacial score (nSPS) is 15.7. The van der Waals surface area contributed by atoms with E-state index in [-0.39, 0.29) is 30.0 Å². The van der Waals surface area contributed by atoms with Crippen molar-refractivity contribution in [1.29, 1.82) is 0 Å². The highest BCUT2D eigenvalue weighted by atomic mass is 16.2. The Bertz CT molecular complexity index is 407. The molecule has 126 valence electrons. The van der Waals surface area contributed by atoms with Crippen LogP contribution in [-0.2, 0) is 9.59 Å². The standard InChI is InChI=1S/C15H29N5O2/c1-5-12(4)18-20(10-8-9-19(6-2)7-3)15(22)13-11-14(21)17-16-13/h12,18H,5-11H2,1-4H3,(H,17,21)/t12-/m0/s1. The molecule has 2 N–H and O–H groups in total. The van der Waals surface area contributed by atoms with Crippen molar-refractivity contribution in [2.24, 2.45) is 5.10 Å².